The fourth-order valence-corrected chi connectivity index (χ4v) is 10.7. The molecule has 0 radical (unpaired) electrons. The Labute approximate surface area is 270 Å². The van der Waals surface area contributed by atoms with Crippen molar-refractivity contribution in [3.8, 4) is 33.4 Å². The highest BCUT2D eigenvalue weighted by Gasteiger charge is 2.34. The minimum Gasteiger partial charge on any atom is -0.135 e. The SMILES string of the molecule is c1ccc(-c2cc3c4c5c(ccc6c5c5c(cc(-c7cccc(-c8cccc9c8sc8ccccc89)c7)c7c5c4c2C7)C6)C3)cc1. The summed E-state index contributed by atoms with van der Waals surface area (Å²) in [6.45, 7) is 0. The van der Waals surface area contributed by atoms with Crippen molar-refractivity contribution in [2.24, 2.45) is 0 Å². The van der Waals surface area contributed by atoms with Crippen molar-refractivity contribution >= 4 is 63.8 Å². The van der Waals surface area contributed by atoms with E-state index in [1.165, 1.54) is 86.9 Å². The molecule has 3 aliphatic rings. The molecule has 0 saturated heterocycles. The summed E-state index contributed by atoms with van der Waals surface area (Å²) in [5.74, 6) is 0. The van der Waals surface area contributed by atoms with E-state index in [0.717, 1.165) is 19.3 Å². The molecule has 46 heavy (non-hydrogen) atoms. The second-order valence-electron chi connectivity index (χ2n) is 13.5. The molecule has 0 unspecified atom stereocenters. The molecule has 9 aromatic rings. The van der Waals surface area contributed by atoms with Crippen LogP contribution in [0.25, 0.3) is 85.9 Å². The summed E-state index contributed by atoms with van der Waals surface area (Å²) in [6.07, 6.45) is 3.06. The molecule has 1 aromatic heterocycles. The van der Waals surface area contributed by atoms with E-state index in [9.17, 15) is 0 Å². The normalized spacial score (nSPS) is 13.8. The van der Waals surface area contributed by atoms with Crippen LogP contribution >= 0.6 is 11.3 Å². The van der Waals surface area contributed by atoms with Crippen molar-refractivity contribution in [1.82, 2.24) is 0 Å². The lowest BCUT2D eigenvalue weighted by molar-refractivity contribution is 1.24. The molecule has 0 spiro atoms. The van der Waals surface area contributed by atoms with Gasteiger partial charge in [-0.15, -0.1) is 11.3 Å². The van der Waals surface area contributed by atoms with Crippen LogP contribution in [0.15, 0.2) is 121 Å². The molecule has 3 aliphatic carbocycles. The third kappa shape index (κ3) is 2.87. The Morgan fingerprint density at radius 2 is 0.935 bits per heavy atom. The highest BCUT2D eigenvalue weighted by molar-refractivity contribution is 7.26. The third-order valence-electron chi connectivity index (χ3n) is 11.3. The van der Waals surface area contributed by atoms with Gasteiger partial charge >= 0.3 is 0 Å². The lowest BCUT2D eigenvalue weighted by atomic mass is 9.89. The third-order valence-corrected chi connectivity index (χ3v) is 12.5. The molecule has 0 nitrogen and oxygen atoms in total. The minimum absolute atomic E-state index is 0.986. The second-order valence-corrected chi connectivity index (χ2v) is 14.6. The van der Waals surface area contributed by atoms with Gasteiger partial charge in [0.1, 0.15) is 0 Å². The highest BCUT2D eigenvalue weighted by atomic mass is 32.1. The van der Waals surface area contributed by atoms with Crippen molar-refractivity contribution in [3.05, 3.63) is 155 Å². The Balaban J connectivity index is 1.15. The molecule has 0 bridgehead atoms. The first kappa shape index (κ1) is 24.1. The number of thiophene rings is 1. The van der Waals surface area contributed by atoms with Gasteiger partial charge in [-0.2, -0.15) is 0 Å². The molecule has 0 N–H and O–H groups in total. The number of fused-ring (bicyclic) bond motifs is 3. The molecule has 212 valence electrons. The lowest BCUT2D eigenvalue weighted by Crippen LogP contribution is -1.93. The molecule has 0 aliphatic heterocycles. The summed E-state index contributed by atoms with van der Waals surface area (Å²) in [7, 11) is 0. The first-order valence-corrected chi connectivity index (χ1v) is 17.2. The van der Waals surface area contributed by atoms with Gasteiger partial charge in [0, 0.05) is 20.2 Å². The summed E-state index contributed by atoms with van der Waals surface area (Å²) >= 11 is 1.92. The summed E-state index contributed by atoms with van der Waals surface area (Å²) < 4.78 is 2.73. The zero-order valence-corrected chi connectivity index (χ0v) is 25.9. The largest absolute Gasteiger partial charge is 0.135 e. The van der Waals surface area contributed by atoms with Crippen LogP contribution in [0.1, 0.15) is 33.4 Å². The van der Waals surface area contributed by atoms with Gasteiger partial charge in [-0.1, -0.05) is 97.1 Å². The van der Waals surface area contributed by atoms with Crippen LogP contribution in [0.2, 0.25) is 0 Å². The van der Waals surface area contributed by atoms with Crippen LogP contribution in [-0.2, 0) is 19.3 Å². The van der Waals surface area contributed by atoms with Crippen LogP contribution in [0, 0.1) is 0 Å². The van der Waals surface area contributed by atoms with E-state index in [1.54, 1.807) is 32.3 Å². The molecular formula is C45H26S. The van der Waals surface area contributed by atoms with E-state index in [4.69, 9.17) is 0 Å². The van der Waals surface area contributed by atoms with E-state index >= 15 is 0 Å². The van der Waals surface area contributed by atoms with Crippen molar-refractivity contribution in [2.75, 3.05) is 0 Å². The quantitative estimate of drug-likeness (QED) is 0.178. The van der Waals surface area contributed by atoms with Crippen molar-refractivity contribution in [1.29, 1.82) is 0 Å². The average Bonchev–Trinajstić information content (AvgIpc) is 3.87. The predicted molar refractivity (Wildman–Crippen MR) is 197 cm³/mol. The Bertz CT molecular complexity index is 2870. The molecule has 0 atom stereocenters. The maximum atomic E-state index is 2.56. The fourth-order valence-electron chi connectivity index (χ4n) is 9.43. The van der Waals surface area contributed by atoms with Crippen LogP contribution < -0.4 is 0 Å². The van der Waals surface area contributed by atoms with Gasteiger partial charge in [0.25, 0.3) is 0 Å². The number of hydrogen-bond donors (Lipinski definition) is 0. The van der Waals surface area contributed by atoms with E-state index < -0.39 is 0 Å². The Morgan fingerprint density at radius 1 is 0.370 bits per heavy atom. The monoisotopic (exact) mass is 598 g/mol. The van der Waals surface area contributed by atoms with E-state index in [2.05, 4.69) is 121 Å². The van der Waals surface area contributed by atoms with E-state index in [1.807, 2.05) is 11.3 Å². The summed E-state index contributed by atoms with van der Waals surface area (Å²) in [4.78, 5) is 0. The van der Waals surface area contributed by atoms with Gasteiger partial charge in [0.05, 0.1) is 0 Å². The molecule has 0 saturated carbocycles. The Morgan fingerprint density at radius 3 is 1.67 bits per heavy atom. The zero-order valence-electron chi connectivity index (χ0n) is 25.1. The Hall–Kier alpha value is -5.24. The van der Waals surface area contributed by atoms with Crippen molar-refractivity contribution in [2.45, 2.75) is 19.3 Å². The summed E-state index contributed by atoms with van der Waals surface area (Å²) in [5.41, 5.74) is 17.2. The average molecular weight is 599 g/mol. The molecule has 8 aromatic carbocycles. The van der Waals surface area contributed by atoms with Crippen molar-refractivity contribution in [3.63, 3.8) is 0 Å². The lowest BCUT2D eigenvalue weighted by Gasteiger charge is -2.14. The first-order valence-electron chi connectivity index (χ1n) is 16.4. The van der Waals surface area contributed by atoms with Gasteiger partial charge in [0.2, 0.25) is 0 Å². The number of rotatable bonds is 3. The van der Waals surface area contributed by atoms with Crippen LogP contribution in [0.4, 0.5) is 0 Å². The van der Waals surface area contributed by atoms with Crippen LogP contribution in [0.3, 0.4) is 0 Å². The predicted octanol–water partition coefficient (Wildman–Crippen LogP) is 12.2. The van der Waals surface area contributed by atoms with Gasteiger partial charge in [-0.25, -0.2) is 0 Å². The topological polar surface area (TPSA) is 0 Å². The molecular weight excluding hydrogens is 573 g/mol. The smallest absolute Gasteiger partial charge is 0.0433 e. The van der Waals surface area contributed by atoms with Gasteiger partial charge < -0.3 is 0 Å². The maximum Gasteiger partial charge on any atom is 0.0433 e. The number of hydrogen-bond acceptors (Lipinski definition) is 1. The van der Waals surface area contributed by atoms with E-state index in [0.29, 0.717) is 0 Å². The van der Waals surface area contributed by atoms with Gasteiger partial charge in [-0.3, -0.25) is 0 Å². The molecule has 12 rings (SSSR count). The molecule has 1 heteroatoms. The molecule has 0 amide bonds. The maximum absolute atomic E-state index is 2.56. The van der Waals surface area contributed by atoms with Crippen LogP contribution in [0.5, 0.6) is 0 Å². The Kier molecular flexibility index (Phi) is 4.35. The van der Waals surface area contributed by atoms with Crippen LogP contribution in [-0.4, -0.2) is 0 Å². The molecule has 1 heterocycles. The first-order chi connectivity index (χ1) is 22.8. The zero-order chi connectivity index (χ0) is 29.7. The van der Waals surface area contributed by atoms with E-state index in [-0.39, 0.29) is 0 Å². The molecule has 0 fully saturated rings. The summed E-state index contributed by atoms with van der Waals surface area (Å²) in [5, 5.41) is 12.0. The minimum atomic E-state index is 0.986. The highest BCUT2D eigenvalue weighted by Crippen LogP contribution is 2.56. The second kappa shape index (κ2) is 8.31. The van der Waals surface area contributed by atoms with Gasteiger partial charge in [-0.05, 0) is 143 Å². The van der Waals surface area contributed by atoms with Crippen molar-refractivity contribution < 1.29 is 0 Å². The van der Waals surface area contributed by atoms with Gasteiger partial charge in [0.15, 0.2) is 0 Å². The summed E-state index contributed by atoms with van der Waals surface area (Å²) in [6, 6.07) is 46.1. The number of benzene rings is 8. The standard InChI is InChI=1S/C45H26S/c1-2-8-24(9-3-1)34-21-29-19-27-16-17-28-20-30-22-35(37-23-36(34)43-41(29)39(27)40(28)42(30)44(37)43)26-11-6-10-25(18-26)31-13-7-14-33-32-12-4-5-15-38(32)46-45(31)33/h1-18,21-22H,19-20,23H2. The fraction of sp³-hybridized carbons (Fsp3) is 0.0667.